The second kappa shape index (κ2) is 9.04. The van der Waals surface area contributed by atoms with E-state index in [1.54, 1.807) is 24.3 Å². The fourth-order valence-electron chi connectivity index (χ4n) is 2.92. The normalized spacial score (nSPS) is 11.8. The minimum atomic E-state index is -0.964. The lowest BCUT2D eigenvalue weighted by Gasteiger charge is -2.17. The van der Waals surface area contributed by atoms with Crippen molar-refractivity contribution >= 4 is 34.8 Å². The van der Waals surface area contributed by atoms with E-state index in [4.69, 9.17) is 16.7 Å². The average molecular weight is 414 g/mol. The molecule has 2 aromatic carbocycles. The third kappa shape index (κ3) is 4.80. The lowest BCUT2D eigenvalue weighted by molar-refractivity contribution is -0.121. The fraction of sp³-hybridized carbons (Fsp3) is 0.182. The summed E-state index contributed by atoms with van der Waals surface area (Å²) < 4.78 is 0.613. The smallest absolute Gasteiger partial charge is 0.335 e. The zero-order chi connectivity index (χ0) is 20.1. The fourth-order valence-corrected chi connectivity index (χ4v) is 4.30. The third-order valence-corrected chi connectivity index (χ3v) is 5.90. The molecule has 1 atom stereocenters. The van der Waals surface area contributed by atoms with Crippen LogP contribution in [0.5, 0.6) is 0 Å². The summed E-state index contributed by atoms with van der Waals surface area (Å²) >= 11 is 7.92. The van der Waals surface area contributed by atoms with E-state index in [0.29, 0.717) is 17.2 Å². The van der Waals surface area contributed by atoms with Crippen LogP contribution in [0.3, 0.4) is 0 Å². The standard InChI is InChI=1S/C22H20ClNO3S/c1-2-20(25)24-18(12-14-6-4-3-5-7-14)19-13-17(21(23)28-19)15-8-10-16(11-9-15)22(26)27/h3-11,13,18H,2,12H2,1H3,(H,24,25)(H,26,27). The van der Waals surface area contributed by atoms with Gasteiger partial charge in [-0.3, -0.25) is 4.79 Å². The number of benzene rings is 2. The van der Waals surface area contributed by atoms with E-state index in [1.165, 1.54) is 11.3 Å². The van der Waals surface area contributed by atoms with Crippen molar-refractivity contribution in [2.24, 2.45) is 0 Å². The van der Waals surface area contributed by atoms with Crippen LogP contribution in [0.15, 0.2) is 60.7 Å². The summed E-state index contributed by atoms with van der Waals surface area (Å²) in [7, 11) is 0. The van der Waals surface area contributed by atoms with Crippen molar-refractivity contribution in [2.45, 2.75) is 25.8 Å². The number of carbonyl (C=O) groups is 2. The number of rotatable bonds is 7. The van der Waals surface area contributed by atoms with Gasteiger partial charge in [0, 0.05) is 16.9 Å². The molecule has 0 bridgehead atoms. The Labute approximate surface area is 172 Å². The summed E-state index contributed by atoms with van der Waals surface area (Å²) in [4.78, 5) is 24.1. The monoisotopic (exact) mass is 413 g/mol. The molecule has 1 unspecified atom stereocenters. The van der Waals surface area contributed by atoms with Crippen molar-refractivity contribution in [2.75, 3.05) is 0 Å². The topological polar surface area (TPSA) is 66.4 Å². The van der Waals surface area contributed by atoms with Gasteiger partial charge in [-0.25, -0.2) is 4.79 Å². The number of thiophene rings is 1. The number of amides is 1. The van der Waals surface area contributed by atoms with Crippen molar-refractivity contribution in [1.82, 2.24) is 5.32 Å². The Kier molecular flexibility index (Phi) is 6.49. The quantitative estimate of drug-likeness (QED) is 0.531. The molecule has 1 heterocycles. The minimum absolute atomic E-state index is 0.0159. The highest BCUT2D eigenvalue weighted by molar-refractivity contribution is 7.16. The van der Waals surface area contributed by atoms with Crippen LogP contribution in [0.25, 0.3) is 11.1 Å². The molecular weight excluding hydrogens is 394 g/mol. The van der Waals surface area contributed by atoms with Gasteiger partial charge < -0.3 is 10.4 Å². The highest BCUT2D eigenvalue weighted by Crippen LogP contribution is 2.39. The lowest BCUT2D eigenvalue weighted by atomic mass is 10.0. The molecule has 0 saturated carbocycles. The summed E-state index contributed by atoms with van der Waals surface area (Å²) in [6, 6.07) is 18.4. The second-order valence-corrected chi connectivity index (χ2v) is 8.07. The summed E-state index contributed by atoms with van der Waals surface area (Å²) in [5, 5.41) is 12.1. The number of carboxylic acid groups (broad SMARTS) is 1. The maximum absolute atomic E-state index is 12.1. The van der Waals surface area contributed by atoms with E-state index in [2.05, 4.69) is 5.32 Å². The van der Waals surface area contributed by atoms with Gasteiger partial charge in [-0.05, 0) is 35.7 Å². The number of halogens is 1. The van der Waals surface area contributed by atoms with Gasteiger partial charge in [0.1, 0.15) is 4.34 Å². The molecule has 3 rings (SSSR count). The molecule has 0 spiro atoms. The maximum atomic E-state index is 12.1. The molecule has 4 nitrogen and oxygen atoms in total. The molecule has 0 aliphatic rings. The molecule has 28 heavy (non-hydrogen) atoms. The lowest BCUT2D eigenvalue weighted by Crippen LogP contribution is -2.28. The second-order valence-electron chi connectivity index (χ2n) is 6.38. The van der Waals surface area contributed by atoms with E-state index >= 15 is 0 Å². The first-order valence-electron chi connectivity index (χ1n) is 8.94. The number of hydrogen-bond donors (Lipinski definition) is 2. The number of hydrogen-bond acceptors (Lipinski definition) is 3. The predicted molar refractivity (Wildman–Crippen MR) is 113 cm³/mol. The van der Waals surface area contributed by atoms with Gasteiger partial charge in [-0.2, -0.15) is 0 Å². The molecule has 6 heteroatoms. The van der Waals surface area contributed by atoms with Crippen LogP contribution in [0.2, 0.25) is 4.34 Å². The molecule has 0 radical (unpaired) electrons. The molecule has 2 N–H and O–H groups in total. The Balaban J connectivity index is 1.91. The minimum Gasteiger partial charge on any atom is -0.478 e. The zero-order valence-electron chi connectivity index (χ0n) is 15.3. The van der Waals surface area contributed by atoms with Gasteiger partial charge >= 0.3 is 5.97 Å². The number of carboxylic acids is 1. The predicted octanol–water partition coefficient (Wildman–Crippen LogP) is 5.58. The molecule has 0 aliphatic heterocycles. The van der Waals surface area contributed by atoms with E-state index < -0.39 is 5.97 Å². The molecular formula is C22H20ClNO3S. The van der Waals surface area contributed by atoms with Crippen molar-refractivity contribution in [1.29, 1.82) is 0 Å². The Morgan fingerprint density at radius 1 is 1.11 bits per heavy atom. The summed E-state index contributed by atoms with van der Waals surface area (Å²) in [6.07, 6.45) is 1.08. The first-order chi connectivity index (χ1) is 13.5. The Morgan fingerprint density at radius 3 is 2.39 bits per heavy atom. The third-order valence-electron chi connectivity index (χ3n) is 4.43. The van der Waals surface area contributed by atoms with Gasteiger partial charge in [0.25, 0.3) is 0 Å². The maximum Gasteiger partial charge on any atom is 0.335 e. The summed E-state index contributed by atoms with van der Waals surface area (Å²) in [5.74, 6) is -0.980. The molecule has 0 aliphatic carbocycles. The molecule has 1 aromatic heterocycles. The van der Waals surface area contributed by atoms with Crippen molar-refractivity contribution in [3.05, 3.63) is 81.0 Å². The largest absolute Gasteiger partial charge is 0.478 e. The average Bonchev–Trinajstić information content (AvgIpc) is 3.10. The van der Waals surface area contributed by atoms with E-state index in [9.17, 15) is 9.59 Å². The van der Waals surface area contributed by atoms with Gasteiger partial charge in [-0.15, -0.1) is 11.3 Å². The van der Waals surface area contributed by atoms with Crippen LogP contribution >= 0.6 is 22.9 Å². The Bertz CT molecular complexity index is 967. The number of aromatic carboxylic acids is 1. The first-order valence-corrected chi connectivity index (χ1v) is 10.1. The molecule has 0 fully saturated rings. The molecule has 1 amide bonds. The molecule has 3 aromatic rings. The highest BCUT2D eigenvalue weighted by Gasteiger charge is 2.20. The van der Waals surface area contributed by atoms with Crippen LogP contribution in [-0.2, 0) is 11.2 Å². The van der Waals surface area contributed by atoms with Crippen LogP contribution in [0, 0.1) is 0 Å². The highest BCUT2D eigenvalue weighted by atomic mass is 35.5. The molecule has 144 valence electrons. The van der Waals surface area contributed by atoms with E-state index in [-0.39, 0.29) is 17.5 Å². The van der Waals surface area contributed by atoms with Gasteiger partial charge in [0.05, 0.1) is 11.6 Å². The van der Waals surface area contributed by atoms with Gasteiger partial charge in [-0.1, -0.05) is 61.0 Å². The number of nitrogens with one attached hydrogen (secondary N) is 1. The van der Waals surface area contributed by atoms with Gasteiger partial charge in [0.2, 0.25) is 5.91 Å². The van der Waals surface area contributed by atoms with Gasteiger partial charge in [0.15, 0.2) is 0 Å². The van der Waals surface area contributed by atoms with Crippen molar-refractivity contribution < 1.29 is 14.7 Å². The molecule has 0 saturated heterocycles. The van der Waals surface area contributed by atoms with Crippen molar-refractivity contribution in [3.63, 3.8) is 0 Å². The van der Waals surface area contributed by atoms with Crippen LogP contribution in [0.1, 0.15) is 40.2 Å². The Morgan fingerprint density at radius 2 is 1.79 bits per heavy atom. The van der Waals surface area contributed by atoms with Crippen LogP contribution in [0.4, 0.5) is 0 Å². The van der Waals surface area contributed by atoms with E-state index in [0.717, 1.165) is 21.6 Å². The first kappa shape index (κ1) is 20.1. The van der Waals surface area contributed by atoms with Crippen LogP contribution in [-0.4, -0.2) is 17.0 Å². The SMILES string of the molecule is CCC(=O)NC(Cc1ccccc1)c1cc(-c2ccc(C(=O)O)cc2)c(Cl)s1. The zero-order valence-corrected chi connectivity index (χ0v) is 16.9. The van der Waals surface area contributed by atoms with Crippen LogP contribution < -0.4 is 5.32 Å². The van der Waals surface area contributed by atoms with E-state index in [1.807, 2.05) is 43.3 Å². The van der Waals surface area contributed by atoms with Crippen molar-refractivity contribution in [3.8, 4) is 11.1 Å². The summed E-state index contributed by atoms with van der Waals surface area (Å²) in [5.41, 5.74) is 3.04. The number of carbonyl (C=O) groups excluding carboxylic acids is 1. The summed E-state index contributed by atoms with van der Waals surface area (Å²) in [6.45, 7) is 1.83. The Hall–Kier alpha value is -2.63.